The molecule has 165 valence electrons. The molecular formula is C20H28CuN2O6. The first kappa shape index (κ1) is 26.9. The average Bonchev–Trinajstić information content (AvgIpc) is 3.09. The molecule has 2 amide bonds. The van der Waals surface area contributed by atoms with Crippen molar-refractivity contribution in [2.45, 2.75) is 66.5 Å². The fourth-order valence-electron chi connectivity index (χ4n) is 3.03. The molecule has 9 heteroatoms. The van der Waals surface area contributed by atoms with Crippen molar-refractivity contribution >= 4 is 23.4 Å². The van der Waals surface area contributed by atoms with Gasteiger partial charge in [0.15, 0.2) is 11.6 Å². The van der Waals surface area contributed by atoms with Gasteiger partial charge in [-0.1, -0.05) is 54.4 Å². The Morgan fingerprint density at radius 3 is 1.24 bits per heavy atom. The first-order chi connectivity index (χ1) is 13.0. The molecule has 0 saturated carbocycles. The quantitative estimate of drug-likeness (QED) is 0.253. The average molecular weight is 456 g/mol. The van der Waals surface area contributed by atoms with Crippen LogP contribution >= 0.6 is 0 Å². The topological polar surface area (TPSA) is 138 Å². The SMILES string of the molecule is CC[C@H](C)[C@@H]1NC(=O)/C(=C(/C)[O-])C1=O.CC[C@H](C)[C@@H]1NC(=O)/C(=C(/C)[O-])C1=O.[Cu+2]. The summed E-state index contributed by atoms with van der Waals surface area (Å²) in [5.41, 5.74) is -0.398. The second-order valence-corrected chi connectivity index (χ2v) is 7.26. The fraction of sp³-hybridized carbons (Fsp3) is 0.600. The van der Waals surface area contributed by atoms with E-state index in [0.29, 0.717) is 0 Å². The van der Waals surface area contributed by atoms with E-state index in [2.05, 4.69) is 10.6 Å². The predicted molar refractivity (Wildman–Crippen MR) is 98.2 cm³/mol. The zero-order chi connectivity index (χ0) is 21.8. The Kier molecular flexibility index (Phi) is 10.3. The monoisotopic (exact) mass is 455 g/mol. The second-order valence-electron chi connectivity index (χ2n) is 7.26. The number of hydrogen-bond donors (Lipinski definition) is 2. The minimum atomic E-state index is -0.521. The van der Waals surface area contributed by atoms with Gasteiger partial charge in [-0.2, -0.15) is 0 Å². The summed E-state index contributed by atoms with van der Waals surface area (Å²) >= 11 is 0. The molecule has 0 bridgehead atoms. The molecule has 0 aliphatic carbocycles. The maximum atomic E-state index is 11.6. The van der Waals surface area contributed by atoms with Crippen molar-refractivity contribution < 1.29 is 46.5 Å². The number of rotatable bonds is 4. The van der Waals surface area contributed by atoms with Crippen LogP contribution in [-0.2, 0) is 36.2 Å². The van der Waals surface area contributed by atoms with Gasteiger partial charge in [-0.3, -0.25) is 19.2 Å². The molecule has 0 aromatic rings. The van der Waals surface area contributed by atoms with Crippen LogP contribution in [0.25, 0.3) is 0 Å². The third kappa shape index (κ3) is 5.93. The van der Waals surface area contributed by atoms with Gasteiger partial charge in [0, 0.05) is 0 Å². The summed E-state index contributed by atoms with van der Waals surface area (Å²) in [6, 6.07) is -1.02. The van der Waals surface area contributed by atoms with Crippen LogP contribution in [0, 0.1) is 11.8 Å². The van der Waals surface area contributed by atoms with Crippen LogP contribution in [0.5, 0.6) is 0 Å². The molecule has 29 heavy (non-hydrogen) atoms. The van der Waals surface area contributed by atoms with Crippen LogP contribution in [0.15, 0.2) is 22.7 Å². The summed E-state index contributed by atoms with van der Waals surface area (Å²) < 4.78 is 0. The standard InChI is InChI=1S/2C10H15NO3.Cu/c2*1-4-5(2)8-9(13)7(6(3)12)10(14)11-8;/h2*5,8,12H,4H2,1-3H3,(H,11,14);/q;;+2/p-2/b2*7-6-;/t2*5-,8-;/m00./s1. The number of amides is 2. The van der Waals surface area contributed by atoms with Crippen LogP contribution < -0.4 is 20.8 Å². The number of carbonyl (C=O) groups is 4. The fourth-order valence-corrected chi connectivity index (χ4v) is 3.03. The Morgan fingerprint density at radius 2 is 1.07 bits per heavy atom. The van der Waals surface area contributed by atoms with E-state index in [4.69, 9.17) is 0 Å². The van der Waals surface area contributed by atoms with Gasteiger partial charge in [0.25, 0.3) is 11.8 Å². The third-order valence-electron chi connectivity index (χ3n) is 5.22. The molecule has 8 nitrogen and oxygen atoms in total. The Labute approximate surface area is 181 Å². The first-order valence-electron chi connectivity index (χ1n) is 9.43. The van der Waals surface area contributed by atoms with Gasteiger partial charge >= 0.3 is 17.1 Å². The van der Waals surface area contributed by atoms with E-state index in [1.54, 1.807) is 0 Å². The molecule has 4 atom stereocenters. The smallest absolute Gasteiger partial charge is 0.875 e. The number of allylic oxidation sites excluding steroid dienone is 2. The van der Waals surface area contributed by atoms with E-state index in [1.165, 1.54) is 13.8 Å². The molecule has 2 heterocycles. The molecule has 2 rings (SSSR count). The van der Waals surface area contributed by atoms with Crippen molar-refractivity contribution in [1.29, 1.82) is 0 Å². The van der Waals surface area contributed by atoms with Gasteiger partial charge in [-0.25, -0.2) is 0 Å². The van der Waals surface area contributed by atoms with Crippen molar-refractivity contribution in [3.8, 4) is 0 Å². The van der Waals surface area contributed by atoms with Gasteiger partial charge in [0.05, 0.1) is 23.2 Å². The van der Waals surface area contributed by atoms with E-state index in [-0.39, 0.29) is 51.6 Å². The summed E-state index contributed by atoms with van der Waals surface area (Å²) in [6.07, 6.45) is 1.59. The van der Waals surface area contributed by atoms with E-state index < -0.39 is 35.4 Å². The third-order valence-corrected chi connectivity index (χ3v) is 5.22. The first-order valence-corrected chi connectivity index (χ1v) is 9.43. The molecule has 2 N–H and O–H groups in total. The number of ketones is 2. The normalized spacial score (nSPS) is 26.6. The molecule has 0 unspecified atom stereocenters. The Morgan fingerprint density at radius 1 is 0.793 bits per heavy atom. The summed E-state index contributed by atoms with van der Waals surface area (Å²) in [7, 11) is 0. The van der Waals surface area contributed by atoms with Gasteiger partial charge in [-0.15, -0.1) is 11.5 Å². The summed E-state index contributed by atoms with van der Waals surface area (Å²) in [4.78, 5) is 45.8. The van der Waals surface area contributed by atoms with Crippen LogP contribution in [0.1, 0.15) is 54.4 Å². The molecule has 2 aliphatic heterocycles. The van der Waals surface area contributed by atoms with Crippen molar-refractivity contribution in [3.63, 3.8) is 0 Å². The van der Waals surface area contributed by atoms with Crippen LogP contribution in [0.3, 0.4) is 0 Å². The predicted octanol–water partition coefficient (Wildman–Crippen LogP) is -0.534. The van der Waals surface area contributed by atoms with Crippen molar-refractivity contribution in [2.24, 2.45) is 11.8 Å². The van der Waals surface area contributed by atoms with Crippen LogP contribution in [-0.4, -0.2) is 35.5 Å². The Balaban J connectivity index is 0.000000523. The molecule has 0 aromatic carbocycles. The molecule has 2 aliphatic rings. The van der Waals surface area contributed by atoms with Crippen LogP contribution in [0.2, 0.25) is 0 Å². The molecule has 2 fully saturated rings. The second kappa shape index (κ2) is 11.2. The number of nitrogens with one attached hydrogen (secondary N) is 2. The molecule has 0 spiro atoms. The molecule has 0 aromatic heterocycles. The largest absolute Gasteiger partial charge is 2.00 e. The summed E-state index contributed by atoms with van der Waals surface area (Å²) in [5, 5.41) is 27.1. The molecular weight excluding hydrogens is 428 g/mol. The van der Waals surface area contributed by atoms with E-state index in [0.717, 1.165) is 12.8 Å². The van der Waals surface area contributed by atoms with E-state index in [1.807, 2.05) is 27.7 Å². The number of carbonyl (C=O) groups excluding carboxylic acids is 4. The van der Waals surface area contributed by atoms with E-state index in [9.17, 15) is 29.4 Å². The van der Waals surface area contributed by atoms with Gasteiger partial charge in [0.2, 0.25) is 0 Å². The molecule has 1 radical (unpaired) electrons. The van der Waals surface area contributed by atoms with Crippen molar-refractivity contribution in [2.75, 3.05) is 0 Å². The Hall–Kier alpha value is -2.12. The minimum absolute atomic E-state index is 0. The molecule has 2 saturated heterocycles. The maximum Gasteiger partial charge on any atom is 2.00 e. The summed E-state index contributed by atoms with van der Waals surface area (Å²) in [5.74, 6) is -2.49. The summed E-state index contributed by atoms with van der Waals surface area (Å²) in [6.45, 7) is 10.1. The number of Topliss-reactive ketones (excluding diaryl/α,β-unsaturated/α-hetero) is 2. The Bertz CT molecular complexity index is 673. The minimum Gasteiger partial charge on any atom is -0.875 e. The van der Waals surface area contributed by atoms with Crippen LogP contribution in [0.4, 0.5) is 0 Å². The zero-order valence-electron chi connectivity index (χ0n) is 17.5. The maximum absolute atomic E-state index is 11.6. The van der Waals surface area contributed by atoms with Crippen molar-refractivity contribution in [3.05, 3.63) is 22.7 Å². The van der Waals surface area contributed by atoms with Gasteiger partial charge < -0.3 is 20.8 Å². The van der Waals surface area contributed by atoms with E-state index >= 15 is 0 Å². The number of hydrogen-bond acceptors (Lipinski definition) is 6. The van der Waals surface area contributed by atoms with Gasteiger partial charge in [0.1, 0.15) is 0 Å². The van der Waals surface area contributed by atoms with Crippen molar-refractivity contribution in [1.82, 2.24) is 10.6 Å². The zero-order valence-corrected chi connectivity index (χ0v) is 18.4. The van der Waals surface area contributed by atoms with Gasteiger partial charge in [-0.05, 0) is 11.8 Å².